The maximum Gasteiger partial charge on any atom is 0.297 e. The predicted molar refractivity (Wildman–Crippen MR) is 92.8 cm³/mol. The normalized spacial score (nSPS) is 13.1. The summed E-state index contributed by atoms with van der Waals surface area (Å²) in [6.07, 6.45) is 9.43. The first-order valence-corrected chi connectivity index (χ1v) is 10.1. The molecule has 0 aromatic heterocycles. The van der Waals surface area contributed by atoms with Crippen LogP contribution < -0.4 is 0 Å². The van der Waals surface area contributed by atoms with Crippen LogP contribution in [0.25, 0.3) is 0 Å². The lowest BCUT2D eigenvalue weighted by Crippen LogP contribution is -2.18. The Bertz CT molecular complexity index is 499. The molecular weight excluding hydrogens is 312 g/mol. The molecule has 0 bridgehead atoms. The van der Waals surface area contributed by atoms with Crippen molar-refractivity contribution in [3.05, 3.63) is 30.3 Å². The van der Waals surface area contributed by atoms with E-state index in [0.717, 1.165) is 12.8 Å². The first-order valence-electron chi connectivity index (χ1n) is 8.69. The zero-order chi connectivity index (χ0) is 17.0. The Kier molecular flexibility index (Phi) is 10.2. The zero-order valence-corrected chi connectivity index (χ0v) is 14.9. The molecule has 1 unspecified atom stereocenters. The average Bonchev–Trinajstić information content (AvgIpc) is 2.56. The van der Waals surface area contributed by atoms with Crippen molar-refractivity contribution in [2.45, 2.75) is 75.7 Å². The van der Waals surface area contributed by atoms with Gasteiger partial charge in [0.2, 0.25) is 0 Å². The third kappa shape index (κ3) is 9.08. The van der Waals surface area contributed by atoms with Crippen molar-refractivity contribution >= 4 is 10.1 Å². The molecule has 0 heterocycles. The van der Waals surface area contributed by atoms with Crippen LogP contribution in [0.5, 0.6) is 0 Å². The molecule has 4 nitrogen and oxygen atoms in total. The third-order valence-electron chi connectivity index (χ3n) is 3.84. The van der Waals surface area contributed by atoms with Crippen molar-refractivity contribution in [1.29, 1.82) is 0 Å². The van der Waals surface area contributed by atoms with Crippen LogP contribution in [0.3, 0.4) is 0 Å². The second kappa shape index (κ2) is 11.6. The lowest BCUT2D eigenvalue weighted by Gasteiger charge is -2.11. The van der Waals surface area contributed by atoms with Gasteiger partial charge in [-0.2, -0.15) is 8.42 Å². The Morgan fingerprint density at radius 2 is 1.52 bits per heavy atom. The van der Waals surface area contributed by atoms with E-state index in [1.165, 1.54) is 50.7 Å². The van der Waals surface area contributed by atoms with Crippen molar-refractivity contribution in [3.63, 3.8) is 0 Å². The highest BCUT2D eigenvalue weighted by Gasteiger charge is 2.16. The molecule has 5 heteroatoms. The van der Waals surface area contributed by atoms with Crippen molar-refractivity contribution in [1.82, 2.24) is 0 Å². The number of aliphatic hydroxyl groups excluding tert-OH is 1. The molecule has 0 fully saturated rings. The minimum atomic E-state index is -3.76. The smallest absolute Gasteiger partial charge is 0.297 e. The van der Waals surface area contributed by atoms with Crippen molar-refractivity contribution in [2.24, 2.45) is 0 Å². The van der Waals surface area contributed by atoms with E-state index in [-0.39, 0.29) is 11.5 Å². The van der Waals surface area contributed by atoms with Crippen LogP contribution in [0.2, 0.25) is 0 Å². The maximum atomic E-state index is 11.9. The summed E-state index contributed by atoms with van der Waals surface area (Å²) in [6, 6.07) is 8.01. The van der Waals surface area contributed by atoms with Crippen molar-refractivity contribution < 1.29 is 17.7 Å². The van der Waals surface area contributed by atoms with E-state index < -0.39 is 16.2 Å². The minimum Gasteiger partial charge on any atom is -0.391 e. The first kappa shape index (κ1) is 20.1. The highest BCUT2D eigenvalue weighted by Crippen LogP contribution is 2.14. The zero-order valence-electron chi connectivity index (χ0n) is 14.1. The fraction of sp³-hybridized carbons (Fsp3) is 0.667. The van der Waals surface area contributed by atoms with Crippen LogP contribution in [0.15, 0.2) is 35.2 Å². The van der Waals surface area contributed by atoms with Gasteiger partial charge in [0.05, 0.1) is 17.6 Å². The van der Waals surface area contributed by atoms with Crippen LogP contribution in [-0.2, 0) is 14.3 Å². The summed E-state index contributed by atoms with van der Waals surface area (Å²) in [4.78, 5) is 0.124. The summed E-state index contributed by atoms with van der Waals surface area (Å²) >= 11 is 0. The molecule has 0 saturated heterocycles. The average molecular weight is 343 g/mol. The van der Waals surface area contributed by atoms with Gasteiger partial charge in [0.15, 0.2) is 0 Å². The molecular formula is C18H30O4S. The summed E-state index contributed by atoms with van der Waals surface area (Å²) < 4.78 is 28.7. The molecule has 1 aromatic rings. The van der Waals surface area contributed by atoms with Gasteiger partial charge >= 0.3 is 0 Å². The third-order valence-corrected chi connectivity index (χ3v) is 5.13. The number of hydrogen-bond donors (Lipinski definition) is 1. The SMILES string of the molecule is CCCCCCCCCCC(O)COS(=O)(=O)c1ccccc1. The van der Waals surface area contributed by atoms with Gasteiger partial charge in [-0.05, 0) is 18.6 Å². The summed E-state index contributed by atoms with van der Waals surface area (Å²) in [5.74, 6) is 0. The van der Waals surface area contributed by atoms with Gasteiger partial charge < -0.3 is 5.11 Å². The summed E-state index contributed by atoms with van der Waals surface area (Å²) in [5, 5.41) is 9.84. The number of hydrogen-bond acceptors (Lipinski definition) is 4. The molecule has 1 N–H and O–H groups in total. The molecule has 0 aliphatic heterocycles. The van der Waals surface area contributed by atoms with Crippen LogP contribution in [0.1, 0.15) is 64.7 Å². The molecule has 0 amide bonds. The van der Waals surface area contributed by atoms with E-state index in [9.17, 15) is 13.5 Å². The molecule has 23 heavy (non-hydrogen) atoms. The Labute approximate surface area is 141 Å². The van der Waals surface area contributed by atoms with E-state index in [1.807, 2.05) is 0 Å². The number of unbranched alkanes of at least 4 members (excludes halogenated alkanes) is 7. The van der Waals surface area contributed by atoms with Crippen LogP contribution in [-0.4, -0.2) is 26.2 Å². The van der Waals surface area contributed by atoms with E-state index in [0.29, 0.717) is 6.42 Å². The highest BCUT2D eigenvalue weighted by atomic mass is 32.2. The predicted octanol–water partition coefficient (Wildman–Crippen LogP) is 4.28. The Morgan fingerprint density at radius 3 is 2.13 bits per heavy atom. The molecule has 132 valence electrons. The molecule has 1 rings (SSSR count). The van der Waals surface area contributed by atoms with E-state index >= 15 is 0 Å². The second-order valence-electron chi connectivity index (χ2n) is 5.97. The Morgan fingerprint density at radius 1 is 0.957 bits per heavy atom. The van der Waals surface area contributed by atoms with Crippen molar-refractivity contribution in [2.75, 3.05) is 6.61 Å². The van der Waals surface area contributed by atoms with Gasteiger partial charge in [-0.15, -0.1) is 0 Å². The second-order valence-corrected chi connectivity index (χ2v) is 7.58. The van der Waals surface area contributed by atoms with Crippen LogP contribution in [0.4, 0.5) is 0 Å². The van der Waals surface area contributed by atoms with Gasteiger partial charge in [-0.3, -0.25) is 4.18 Å². The quantitative estimate of drug-likeness (QED) is 0.429. The molecule has 0 saturated carbocycles. The molecule has 1 atom stereocenters. The van der Waals surface area contributed by atoms with Gasteiger partial charge in [-0.25, -0.2) is 0 Å². The highest BCUT2D eigenvalue weighted by molar-refractivity contribution is 7.86. The van der Waals surface area contributed by atoms with Crippen LogP contribution in [0, 0.1) is 0 Å². The first-order chi connectivity index (χ1) is 11.1. The Hall–Kier alpha value is -0.910. The van der Waals surface area contributed by atoms with Crippen molar-refractivity contribution in [3.8, 4) is 0 Å². The molecule has 0 aliphatic rings. The lowest BCUT2D eigenvalue weighted by atomic mass is 10.1. The minimum absolute atomic E-state index is 0.124. The standard InChI is InChI=1S/C18H30O4S/c1-2-3-4-5-6-7-8-10-13-17(19)16-22-23(20,21)18-14-11-9-12-15-18/h9,11-12,14-15,17,19H,2-8,10,13,16H2,1H3. The number of benzene rings is 1. The summed E-state index contributed by atoms with van der Waals surface area (Å²) in [5.41, 5.74) is 0. The summed E-state index contributed by atoms with van der Waals surface area (Å²) in [7, 11) is -3.76. The molecule has 1 aromatic carbocycles. The fourth-order valence-corrected chi connectivity index (χ4v) is 3.38. The largest absolute Gasteiger partial charge is 0.391 e. The molecule has 0 aliphatic carbocycles. The van der Waals surface area contributed by atoms with Gasteiger partial charge in [0.25, 0.3) is 10.1 Å². The lowest BCUT2D eigenvalue weighted by molar-refractivity contribution is 0.100. The van der Waals surface area contributed by atoms with E-state index in [2.05, 4.69) is 6.92 Å². The monoisotopic (exact) mass is 342 g/mol. The van der Waals surface area contributed by atoms with Gasteiger partial charge in [0, 0.05) is 0 Å². The van der Waals surface area contributed by atoms with E-state index in [1.54, 1.807) is 18.2 Å². The topological polar surface area (TPSA) is 63.6 Å². The van der Waals surface area contributed by atoms with E-state index in [4.69, 9.17) is 4.18 Å². The fourth-order valence-electron chi connectivity index (χ4n) is 2.42. The number of aliphatic hydroxyl groups is 1. The number of rotatable bonds is 13. The van der Waals surface area contributed by atoms with Gasteiger partial charge in [-0.1, -0.05) is 76.5 Å². The molecule has 0 radical (unpaired) electrons. The van der Waals surface area contributed by atoms with Crippen LogP contribution >= 0.6 is 0 Å². The maximum absolute atomic E-state index is 11.9. The Balaban J connectivity index is 2.11. The van der Waals surface area contributed by atoms with Gasteiger partial charge in [0.1, 0.15) is 0 Å². The summed E-state index contributed by atoms with van der Waals surface area (Å²) in [6.45, 7) is 2.04. The molecule has 0 spiro atoms.